The summed E-state index contributed by atoms with van der Waals surface area (Å²) < 4.78 is 2.01. The highest BCUT2D eigenvalue weighted by Gasteiger charge is 2.26. The third-order valence-corrected chi connectivity index (χ3v) is 4.64. The maximum absolute atomic E-state index is 12.4. The Morgan fingerprint density at radius 3 is 2.75 bits per heavy atom. The monoisotopic (exact) mass is 341 g/mol. The van der Waals surface area contributed by atoms with Gasteiger partial charge in [0.15, 0.2) is 0 Å². The molecule has 0 saturated carbocycles. The molecule has 1 amide bonds. The number of carbonyl (C=O) groups excluding carboxylic acids is 1. The Morgan fingerprint density at radius 1 is 1.25 bits per heavy atom. The molecule has 1 aliphatic heterocycles. The van der Waals surface area contributed by atoms with Crippen LogP contribution in [0.5, 0.6) is 0 Å². The van der Waals surface area contributed by atoms with E-state index in [0.717, 1.165) is 28.0 Å². The number of aliphatic hydroxyl groups excluding tert-OH is 1. The molecule has 2 aromatic carbocycles. The first-order valence-corrected chi connectivity index (χ1v) is 8.31. The van der Waals surface area contributed by atoms with Crippen LogP contribution in [0.2, 0.25) is 0 Å². The van der Waals surface area contributed by atoms with Gasteiger partial charge in [0.25, 0.3) is 5.91 Å². The highest BCUT2D eigenvalue weighted by molar-refractivity contribution is 6.17. The van der Waals surface area contributed by atoms with Crippen LogP contribution >= 0.6 is 11.6 Å². The van der Waals surface area contributed by atoms with Crippen molar-refractivity contribution >= 4 is 28.5 Å². The van der Waals surface area contributed by atoms with Gasteiger partial charge in [0.1, 0.15) is 5.82 Å². The van der Waals surface area contributed by atoms with Gasteiger partial charge in [-0.25, -0.2) is 4.98 Å². The molecule has 2 heterocycles. The average Bonchev–Trinajstić information content (AvgIpc) is 2.91. The molecule has 6 heteroatoms. The van der Waals surface area contributed by atoms with E-state index in [1.807, 2.05) is 41.0 Å². The summed E-state index contributed by atoms with van der Waals surface area (Å²) in [5.74, 6) is 1.07. The van der Waals surface area contributed by atoms with E-state index in [4.69, 9.17) is 16.6 Å². The van der Waals surface area contributed by atoms with Gasteiger partial charge in [-0.15, -0.1) is 11.6 Å². The molecular weight excluding hydrogens is 326 g/mol. The van der Waals surface area contributed by atoms with Crippen LogP contribution in [0.1, 0.15) is 15.9 Å². The number of carbonyl (C=O) groups is 1. The highest BCUT2D eigenvalue weighted by atomic mass is 35.5. The van der Waals surface area contributed by atoms with Crippen LogP contribution in [0.3, 0.4) is 0 Å². The molecule has 5 nitrogen and oxygen atoms in total. The van der Waals surface area contributed by atoms with E-state index >= 15 is 0 Å². The third-order valence-electron chi connectivity index (χ3n) is 4.34. The number of imidazole rings is 1. The maximum Gasteiger partial charge on any atom is 0.253 e. The Kier molecular flexibility index (Phi) is 3.75. The summed E-state index contributed by atoms with van der Waals surface area (Å²) in [6.07, 6.45) is 0. The Morgan fingerprint density at radius 2 is 2.04 bits per heavy atom. The molecule has 0 unspecified atom stereocenters. The summed E-state index contributed by atoms with van der Waals surface area (Å²) in [4.78, 5) is 17.1. The number of para-hydroxylation sites is 1. The third kappa shape index (κ3) is 2.37. The molecule has 122 valence electrons. The summed E-state index contributed by atoms with van der Waals surface area (Å²) in [6, 6.07) is 13.1. The number of benzene rings is 2. The minimum absolute atomic E-state index is 0.121. The Balaban J connectivity index is 1.95. The number of hydrogen-bond acceptors (Lipinski definition) is 3. The van der Waals surface area contributed by atoms with E-state index in [1.165, 1.54) is 0 Å². The predicted octanol–water partition coefficient (Wildman–Crippen LogP) is 2.55. The molecule has 0 radical (unpaired) electrons. The lowest BCUT2D eigenvalue weighted by Crippen LogP contribution is -2.38. The topological polar surface area (TPSA) is 67.2 Å². The highest BCUT2D eigenvalue weighted by Crippen LogP contribution is 2.29. The van der Waals surface area contributed by atoms with Crippen LogP contribution in [0.15, 0.2) is 42.5 Å². The number of rotatable bonds is 3. The van der Waals surface area contributed by atoms with Crippen molar-refractivity contribution in [3.8, 4) is 11.4 Å². The first kappa shape index (κ1) is 15.2. The van der Waals surface area contributed by atoms with Gasteiger partial charge in [-0.1, -0.05) is 30.3 Å². The molecule has 0 saturated heterocycles. The molecule has 0 bridgehead atoms. The molecular formula is C18H16ClN3O2. The summed E-state index contributed by atoms with van der Waals surface area (Å²) in [7, 11) is 0. The van der Waals surface area contributed by atoms with Gasteiger partial charge in [-0.3, -0.25) is 4.79 Å². The predicted molar refractivity (Wildman–Crippen MR) is 93.1 cm³/mol. The second kappa shape index (κ2) is 5.92. The van der Waals surface area contributed by atoms with Crippen molar-refractivity contribution in [3.63, 3.8) is 0 Å². The largest absolute Gasteiger partial charge is 0.394 e. The first-order valence-electron chi connectivity index (χ1n) is 7.77. The minimum atomic E-state index is -0.344. The van der Waals surface area contributed by atoms with Crippen molar-refractivity contribution in [2.24, 2.45) is 0 Å². The normalized spacial score (nSPS) is 16.9. The zero-order valence-electron chi connectivity index (χ0n) is 12.9. The number of nitrogens with zero attached hydrogens (tertiary/aromatic N) is 2. The number of nitrogens with one attached hydrogen (secondary N) is 1. The van der Waals surface area contributed by atoms with E-state index in [1.54, 1.807) is 6.07 Å². The van der Waals surface area contributed by atoms with Gasteiger partial charge >= 0.3 is 0 Å². The van der Waals surface area contributed by atoms with Crippen molar-refractivity contribution < 1.29 is 9.90 Å². The van der Waals surface area contributed by atoms with Crippen molar-refractivity contribution in [1.29, 1.82) is 0 Å². The zero-order chi connectivity index (χ0) is 16.7. The van der Waals surface area contributed by atoms with Crippen molar-refractivity contribution in [3.05, 3.63) is 53.6 Å². The Bertz CT molecular complexity index is 918. The average molecular weight is 342 g/mol. The number of alkyl halides is 1. The molecule has 0 fully saturated rings. The number of aliphatic hydroxyl groups is 1. The Labute approximate surface area is 143 Å². The number of halogens is 1. The molecule has 1 atom stereocenters. The molecule has 0 spiro atoms. The fourth-order valence-corrected chi connectivity index (χ4v) is 3.32. The van der Waals surface area contributed by atoms with Crippen molar-refractivity contribution in [1.82, 2.24) is 14.9 Å². The van der Waals surface area contributed by atoms with Gasteiger partial charge in [-0.05, 0) is 17.7 Å². The number of amides is 1. The fraction of sp³-hybridized carbons (Fsp3) is 0.222. The lowest BCUT2D eigenvalue weighted by molar-refractivity contribution is 0.0917. The second-order valence-corrected chi connectivity index (χ2v) is 6.17. The standard InChI is InChI=1S/C18H16ClN3O2/c19-8-11-4-6-12(7-5-11)17-21-15-3-1-2-14-16(15)22(17)9-13(10-23)20-18(14)24/h1-7,13,23H,8-10H2,(H,20,24)/t13-/m1/s1. The first-order chi connectivity index (χ1) is 11.7. The van der Waals surface area contributed by atoms with Crippen molar-refractivity contribution in [2.45, 2.75) is 18.5 Å². The smallest absolute Gasteiger partial charge is 0.253 e. The molecule has 2 N–H and O–H groups in total. The molecule has 0 aliphatic carbocycles. The van der Waals surface area contributed by atoms with Gasteiger partial charge in [0, 0.05) is 18.0 Å². The van der Waals surface area contributed by atoms with Gasteiger partial charge in [0.2, 0.25) is 0 Å². The van der Waals surface area contributed by atoms with Crippen molar-refractivity contribution in [2.75, 3.05) is 6.61 Å². The van der Waals surface area contributed by atoms with Crippen LogP contribution < -0.4 is 5.32 Å². The molecule has 4 rings (SSSR count). The molecule has 3 aromatic rings. The SMILES string of the molecule is O=C1N[C@@H](CO)Cn2c(-c3ccc(CCl)cc3)nc3cccc1c32. The Hall–Kier alpha value is -2.37. The lowest BCUT2D eigenvalue weighted by Gasteiger charge is -2.15. The van der Waals surface area contributed by atoms with E-state index in [2.05, 4.69) is 5.32 Å². The molecule has 1 aliphatic rings. The minimum Gasteiger partial charge on any atom is -0.394 e. The van der Waals surface area contributed by atoms with E-state index in [-0.39, 0.29) is 18.6 Å². The lowest BCUT2D eigenvalue weighted by atomic mass is 10.1. The van der Waals surface area contributed by atoms with Gasteiger partial charge in [-0.2, -0.15) is 0 Å². The van der Waals surface area contributed by atoms with Gasteiger partial charge < -0.3 is 15.0 Å². The number of aromatic nitrogens is 2. The van der Waals surface area contributed by atoms with E-state index in [0.29, 0.717) is 18.0 Å². The van der Waals surface area contributed by atoms with E-state index in [9.17, 15) is 9.90 Å². The molecule has 1 aromatic heterocycles. The summed E-state index contributed by atoms with van der Waals surface area (Å²) in [6.45, 7) is 0.354. The molecule has 24 heavy (non-hydrogen) atoms. The fourth-order valence-electron chi connectivity index (χ4n) is 3.14. The van der Waals surface area contributed by atoms with Crippen LogP contribution in [0.4, 0.5) is 0 Å². The summed E-state index contributed by atoms with van der Waals surface area (Å²) in [5.41, 5.74) is 4.16. The number of hydrogen-bond donors (Lipinski definition) is 2. The van der Waals surface area contributed by atoms with Crippen LogP contribution in [0.25, 0.3) is 22.4 Å². The summed E-state index contributed by atoms with van der Waals surface area (Å²) >= 11 is 5.86. The maximum atomic E-state index is 12.4. The zero-order valence-corrected chi connectivity index (χ0v) is 13.6. The van der Waals surface area contributed by atoms with Gasteiger partial charge in [0.05, 0.1) is 29.2 Å². The van der Waals surface area contributed by atoms with E-state index < -0.39 is 0 Å². The van der Waals surface area contributed by atoms with Crippen LogP contribution in [0, 0.1) is 0 Å². The quantitative estimate of drug-likeness (QED) is 0.719. The van der Waals surface area contributed by atoms with Crippen LogP contribution in [-0.4, -0.2) is 33.2 Å². The van der Waals surface area contributed by atoms with Crippen LogP contribution in [-0.2, 0) is 12.4 Å². The second-order valence-electron chi connectivity index (χ2n) is 5.90. The summed E-state index contributed by atoms with van der Waals surface area (Å²) in [5, 5.41) is 12.4.